The minimum atomic E-state index is -3.78. The lowest BCUT2D eigenvalue weighted by Gasteiger charge is -2.18. The highest BCUT2D eigenvalue weighted by Crippen LogP contribution is 2.24. The Hall–Kier alpha value is -1.27. The van der Waals surface area contributed by atoms with Crippen LogP contribution in [0.25, 0.3) is 0 Å². The molecule has 0 saturated heterocycles. The predicted molar refractivity (Wildman–Crippen MR) is 75.8 cm³/mol. The van der Waals surface area contributed by atoms with Crippen molar-refractivity contribution >= 4 is 33.0 Å². The first kappa shape index (κ1) is 15.8. The average molecular weight is 305 g/mol. The molecule has 19 heavy (non-hydrogen) atoms. The first-order valence-corrected chi connectivity index (χ1v) is 7.90. The molecule has 0 atom stereocenters. The van der Waals surface area contributed by atoms with Crippen LogP contribution in [0.2, 0.25) is 5.02 Å². The van der Waals surface area contributed by atoms with Gasteiger partial charge in [0.2, 0.25) is 5.91 Å². The third kappa shape index (κ3) is 3.84. The normalized spacial score (nSPS) is 11.3. The monoisotopic (exact) mass is 304 g/mol. The van der Waals surface area contributed by atoms with Crippen molar-refractivity contribution in [3.05, 3.63) is 23.2 Å². The maximum atomic E-state index is 12.2. The fourth-order valence-corrected chi connectivity index (χ4v) is 3.48. The molecule has 1 aromatic carbocycles. The minimum Gasteiger partial charge on any atom is -0.399 e. The molecule has 0 aliphatic heterocycles. The number of nitrogens with zero attached hydrogens (tertiary/aromatic N) is 1. The molecule has 0 unspecified atom stereocenters. The number of halogens is 1. The summed E-state index contributed by atoms with van der Waals surface area (Å²) in [4.78, 5) is 13.2. The van der Waals surface area contributed by atoms with Crippen LogP contribution in [0, 0.1) is 0 Å². The summed E-state index contributed by atoms with van der Waals surface area (Å²) in [5.41, 5.74) is 5.84. The SMILES string of the molecule is CCN(CC)C(=O)CS(=O)(=O)c1cc(N)ccc1Cl. The molecule has 0 aliphatic carbocycles. The standard InChI is InChI=1S/C12H17ClN2O3S/c1-3-15(4-2)12(16)8-19(17,18)11-7-9(14)5-6-10(11)13/h5-7H,3-4,8,14H2,1-2H3. The van der Waals surface area contributed by atoms with E-state index in [-0.39, 0.29) is 9.92 Å². The lowest BCUT2D eigenvalue weighted by molar-refractivity contribution is -0.128. The lowest BCUT2D eigenvalue weighted by atomic mass is 10.3. The summed E-state index contributed by atoms with van der Waals surface area (Å²) in [6.07, 6.45) is 0. The van der Waals surface area contributed by atoms with Gasteiger partial charge in [-0.15, -0.1) is 0 Å². The van der Waals surface area contributed by atoms with E-state index in [9.17, 15) is 13.2 Å². The number of hydrogen-bond donors (Lipinski definition) is 1. The largest absolute Gasteiger partial charge is 0.399 e. The molecule has 0 bridgehead atoms. The molecule has 0 heterocycles. The highest BCUT2D eigenvalue weighted by Gasteiger charge is 2.24. The third-order valence-corrected chi connectivity index (χ3v) is 4.80. The maximum Gasteiger partial charge on any atom is 0.238 e. The van der Waals surface area contributed by atoms with E-state index in [2.05, 4.69) is 0 Å². The molecule has 2 N–H and O–H groups in total. The van der Waals surface area contributed by atoms with Gasteiger partial charge in [0.25, 0.3) is 0 Å². The van der Waals surface area contributed by atoms with Crippen LogP contribution in [-0.2, 0) is 14.6 Å². The summed E-state index contributed by atoms with van der Waals surface area (Å²) >= 11 is 5.85. The number of rotatable bonds is 5. The molecule has 1 rings (SSSR count). The molecule has 5 nitrogen and oxygen atoms in total. The topological polar surface area (TPSA) is 80.5 Å². The second-order valence-corrected chi connectivity index (χ2v) is 6.38. The van der Waals surface area contributed by atoms with E-state index in [1.165, 1.54) is 23.1 Å². The Kier molecular flexibility index (Phi) is 5.20. The van der Waals surface area contributed by atoms with Crippen molar-refractivity contribution in [3.63, 3.8) is 0 Å². The Bertz CT molecular complexity index is 568. The number of hydrogen-bond acceptors (Lipinski definition) is 4. The second-order valence-electron chi connectivity index (χ2n) is 4.01. The van der Waals surface area contributed by atoms with Crippen LogP contribution in [-0.4, -0.2) is 38.1 Å². The summed E-state index contributed by atoms with van der Waals surface area (Å²) in [7, 11) is -3.78. The Morgan fingerprint density at radius 2 is 1.89 bits per heavy atom. The van der Waals surface area contributed by atoms with Crippen LogP contribution in [0.15, 0.2) is 23.1 Å². The maximum absolute atomic E-state index is 12.2. The van der Waals surface area contributed by atoms with Crippen LogP contribution in [0.1, 0.15) is 13.8 Å². The van der Waals surface area contributed by atoms with Crippen LogP contribution >= 0.6 is 11.6 Å². The van der Waals surface area contributed by atoms with E-state index in [0.717, 1.165) is 0 Å². The van der Waals surface area contributed by atoms with Gasteiger partial charge in [0, 0.05) is 18.8 Å². The molecule has 1 aromatic rings. The third-order valence-electron chi connectivity index (χ3n) is 2.72. The van der Waals surface area contributed by atoms with Gasteiger partial charge >= 0.3 is 0 Å². The summed E-state index contributed by atoms with van der Waals surface area (Å²) in [5, 5.41) is 0.0709. The van der Waals surface area contributed by atoms with Crippen LogP contribution in [0.5, 0.6) is 0 Å². The lowest BCUT2D eigenvalue weighted by Crippen LogP contribution is -2.35. The molecule has 0 radical (unpaired) electrons. The smallest absolute Gasteiger partial charge is 0.238 e. The first-order chi connectivity index (χ1) is 8.81. The van der Waals surface area contributed by atoms with Gasteiger partial charge in [-0.1, -0.05) is 11.6 Å². The van der Waals surface area contributed by atoms with E-state index < -0.39 is 21.5 Å². The summed E-state index contributed by atoms with van der Waals surface area (Å²) in [6.45, 7) is 4.52. The Morgan fingerprint density at radius 3 is 2.42 bits per heavy atom. The fourth-order valence-electron chi connectivity index (χ4n) is 1.67. The zero-order valence-corrected chi connectivity index (χ0v) is 12.5. The second kappa shape index (κ2) is 6.25. The van der Waals surface area contributed by atoms with Gasteiger partial charge in [-0.05, 0) is 32.0 Å². The molecule has 0 saturated carbocycles. The van der Waals surface area contributed by atoms with Crippen molar-refractivity contribution in [3.8, 4) is 0 Å². The van der Waals surface area contributed by atoms with Gasteiger partial charge in [-0.3, -0.25) is 4.79 Å². The molecule has 0 fully saturated rings. The van der Waals surface area contributed by atoms with Crippen molar-refractivity contribution < 1.29 is 13.2 Å². The van der Waals surface area contributed by atoms with Crippen LogP contribution in [0.3, 0.4) is 0 Å². The molecule has 7 heteroatoms. The van der Waals surface area contributed by atoms with Crippen molar-refractivity contribution in [2.45, 2.75) is 18.7 Å². The molecular formula is C12H17ClN2O3S. The van der Waals surface area contributed by atoms with Gasteiger partial charge in [0.05, 0.1) is 9.92 Å². The Morgan fingerprint density at radius 1 is 1.32 bits per heavy atom. The molecule has 106 valence electrons. The van der Waals surface area contributed by atoms with Gasteiger partial charge in [-0.2, -0.15) is 0 Å². The predicted octanol–water partition coefficient (Wildman–Crippen LogP) is 1.56. The van der Waals surface area contributed by atoms with Crippen molar-refractivity contribution in [2.24, 2.45) is 0 Å². The number of carbonyl (C=O) groups excluding carboxylic acids is 1. The summed E-state index contributed by atoms with van der Waals surface area (Å²) in [6, 6.07) is 4.19. The molecule has 1 amide bonds. The summed E-state index contributed by atoms with van der Waals surface area (Å²) in [5.74, 6) is -1.04. The van der Waals surface area contributed by atoms with Gasteiger partial charge < -0.3 is 10.6 Å². The van der Waals surface area contributed by atoms with Crippen molar-refractivity contribution in [1.29, 1.82) is 0 Å². The number of amides is 1. The van der Waals surface area contributed by atoms with Crippen LogP contribution in [0.4, 0.5) is 5.69 Å². The zero-order valence-electron chi connectivity index (χ0n) is 10.9. The number of benzene rings is 1. The quantitative estimate of drug-likeness (QED) is 0.837. The van der Waals surface area contributed by atoms with Crippen molar-refractivity contribution in [1.82, 2.24) is 4.90 Å². The van der Waals surface area contributed by atoms with Crippen molar-refractivity contribution in [2.75, 3.05) is 24.6 Å². The number of nitrogens with two attached hydrogens (primary N) is 1. The first-order valence-electron chi connectivity index (χ1n) is 5.87. The highest BCUT2D eigenvalue weighted by atomic mass is 35.5. The van der Waals surface area contributed by atoms with Crippen LogP contribution < -0.4 is 5.73 Å². The zero-order chi connectivity index (χ0) is 14.6. The number of carbonyl (C=O) groups is 1. The summed E-state index contributed by atoms with van der Waals surface area (Å²) < 4.78 is 24.3. The number of anilines is 1. The molecular weight excluding hydrogens is 288 g/mol. The van der Waals surface area contributed by atoms with E-state index in [0.29, 0.717) is 18.8 Å². The van der Waals surface area contributed by atoms with Gasteiger partial charge in [0.15, 0.2) is 9.84 Å². The van der Waals surface area contributed by atoms with Gasteiger partial charge in [-0.25, -0.2) is 8.42 Å². The number of nitrogen functional groups attached to an aromatic ring is 1. The molecule has 0 aromatic heterocycles. The van der Waals surface area contributed by atoms with E-state index in [1.54, 1.807) is 13.8 Å². The van der Waals surface area contributed by atoms with Gasteiger partial charge in [0.1, 0.15) is 5.75 Å². The highest BCUT2D eigenvalue weighted by molar-refractivity contribution is 7.92. The Labute approximate surface area is 118 Å². The average Bonchev–Trinajstić information content (AvgIpc) is 2.33. The fraction of sp³-hybridized carbons (Fsp3) is 0.417. The molecule has 0 spiro atoms. The number of sulfone groups is 1. The molecule has 0 aliphatic rings. The minimum absolute atomic E-state index is 0.0709. The van der Waals surface area contributed by atoms with E-state index in [1.807, 2.05) is 0 Å². The van der Waals surface area contributed by atoms with E-state index in [4.69, 9.17) is 17.3 Å². The van der Waals surface area contributed by atoms with E-state index >= 15 is 0 Å². The Balaban J connectivity index is 3.05.